The predicted molar refractivity (Wildman–Crippen MR) is 103 cm³/mol. The minimum Gasteiger partial charge on any atom is -0.310 e. The monoisotopic (exact) mass is 391 g/mol. The second kappa shape index (κ2) is 8.22. The van der Waals surface area contributed by atoms with E-state index in [2.05, 4.69) is 9.71 Å². The van der Waals surface area contributed by atoms with Crippen LogP contribution in [0.3, 0.4) is 0 Å². The summed E-state index contributed by atoms with van der Waals surface area (Å²) in [6, 6.07) is 9.89. The van der Waals surface area contributed by atoms with Gasteiger partial charge >= 0.3 is 5.69 Å². The first kappa shape index (κ1) is 19.6. The van der Waals surface area contributed by atoms with E-state index in [4.69, 9.17) is 0 Å². The number of hydrogen-bond donors (Lipinski definition) is 3. The van der Waals surface area contributed by atoms with Crippen LogP contribution in [0, 0.1) is 12.8 Å². The van der Waals surface area contributed by atoms with Gasteiger partial charge in [0.05, 0.1) is 0 Å². The molecule has 0 bridgehead atoms. The van der Waals surface area contributed by atoms with Crippen molar-refractivity contribution in [3.63, 3.8) is 0 Å². The van der Waals surface area contributed by atoms with E-state index in [1.165, 1.54) is 13.3 Å². The predicted octanol–water partition coefficient (Wildman–Crippen LogP) is 2.01. The normalized spacial score (nSPS) is 16.9. The molecular weight excluding hydrogens is 366 g/mol. The highest BCUT2D eigenvalue weighted by Crippen LogP contribution is 2.35. The molecular formula is C19H25N3O4S. The Labute approximate surface area is 158 Å². The number of aryl methyl sites for hydroxylation is 1. The lowest BCUT2D eigenvalue weighted by atomic mass is 9.77. The lowest BCUT2D eigenvalue weighted by molar-refractivity contribution is 0.303. The number of aromatic amines is 2. The summed E-state index contributed by atoms with van der Waals surface area (Å²) in [5.74, 6) is 0.447. The summed E-state index contributed by atoms with van der Waals surface area (Å²) in [5.41, 5.74) is -0.497. The Kier molecular flexibility index (Phi) is 5.96. The van der Waals surface area contributed by atoms with Gasteiger partial charge in [-0.15, -0.1) is 0 Å². The lowest BCUT2D eigenvalue weighted by Crippen LogP contribution is -2.37. The Hall–Kier alpha value is -2.19. The van der Waals surface area contributed by atoms with Crippen molar-refractivity contribution in [1.82, 2.24) is 14.7 Å². The summed E-state index contributed by atoms with van der Waals surface area (Å²) in [5, 5.41) is 0. The van der Waals surface area contributed by atoms with Crippen LogP contribution in [0.4, 0.5) is 0 Å². The van der Waals surface area contributed by atoms with Crippen molar-refractivity contribution in [3.8, 4) is 0 Å². The van der Waals surface area contributed by atoms with Crippen LogP contribution in [0.15, 0.2) is 44.8 Å². The van der Waals surface area contributed by atoms with Crippen LogP contribution in [0.5, 0.6) is 0 Å². The molecule has 3 rings (SSSR count). The molecule has 1 heterocycles. The summed E-state index contributed by atoms with van der Waals surface area (Å²) in [7, 11) is -4.04. The van der Waals surface area contributed by atoms with Gasteiger partial charge in [0, 0.05) is 18.2 Å². The first-order valence-electron chi connectivity index (χ1n) is 9.26. The quantitative estimate of drug-likeness (QED) is 0.699. The largest absolute Gasteiger partial charge is 0.325 e. The average molecular weight is 391 g/mol. The van der Waals surface area contributed by atoms with Gasteiger partial charge in [0.15, 0.2) is 4.90 Å². The minimum absolute atomic E-state index is 0.0326. The molecule has 1 aromatic heterocycles. The Morgan fingerprint density at radius 1 is 1.07 bits per heavy atom. The number of benzene rings is 1. The highest BCUT2D eigenvalue weighted by Gasteiger charge is 2.28. The molecule has 3 N–H and O–H groups in total. The summed E-state index contributed by atoms with van der Waals surface area (Å²) in [6.07, 6.45) is 5.66. The zero-order valence-electron chi connectivity index (χ0n) is 15.3. The van der Waals surface area contributed by atoms with Gasteiger partial charge in [-0.05, 0) is 31.2 Å². The minimum atomic E-state index is -4.04. The van der Waals surface area contributed by atoms with Crippen molar-refractivity contribution in [2.75, 3.05) is 6.54 Å². The second-order valence-corrected chi connectivity index (χ2v) is 8.83. The Morgan fingerprint density at radius 2 is 1.74 bits per heavy atom. The molecule has 27 heavy (non-hydrogen) atoms. The third kappa shape index (κ3) is 4.56. The van der Waals surface area contributed by atoms with Crippen LogP contribution in [0.1, 0.15) is 49.3 Å². The molecule has 0 amide bonds. The molecule has 1 aromatic carbocycles. The number of nitrogens with one attached hydrogen (secondary N) is 3. The lowest BCUT2D eigenvalue weighted by Gasteiger charge is -2.31. The topological polar surface area (TPSA) is 112 Å². The Bertz CT molecular complexity index is 990. The Balaban J connectivity index is 1.86. The van der Waals surface area contributed by atoms with E-state index >= 15 is 0 Å². The highest BCUT2D eigenvalue weighted by atomic mass is 32.2. The fraction of sp³-hybridized carbons (Fsp3) is 0.474. The van der Waals surface area contributed by atoms with E-state index in [0.29, 0.717) is 5.92 Å². The second-order valence-electron chi connectivity index (χ2n) is 7.13. The standard InChI is InChI=1S/C19H25N3O4S/c1-13-17(18(23)22-19(24)21-13)27(25,26)20-12-16(14-8-4-2-5-9-14)15-10-6-3-7-11-15/h2,4-5,8-9,15-16,20H,3,6-7,10-12H2,1H3,(H2,21,22,23,24)/t16-/m1/s1. The summed E-state index contributed by atoms with van der Waals surface area (Å²) in [6.45, 7) is 1.62. The van der Waals surface area contributed by atoms with E-state index in [1.807, 2.05) is 35.3 Å². The first-order chi connectivity index (χ1) is 12.9. The van der Waals surface area contributed by atoms with Crippen LogP contribution >= 0.6 is 0 Å². The SMILES string of the molecule is Cc1[nH]c(=O)[nH]c(=O)c1S(=O)(=O)NC[C@H](c1ccccc1)C1CCCCC1. The molecule has 7 nitrogen and oxygen atoms in total. The maximum Gasteiger partial charge on any atom is 0.325 e. The van der Waals surface area contributed by atoms with Crippen LogP contribution in [-0.4, -0.2) is 24.9 Å². The summed E-state index contributed by atoms with van der Waals surface area (Å²) in [4.78, 5) is 27.2. The number of aromatic nitrogens is 2. The van der Waals surface area contributed by atoms with Crippen molar-refractivity contribution in [2.45, 2.75) is 49.8 Å². The van der Waals surface area contributed by atoms with Crippen molar-refractivity contribution < 1.29 is 8.42 Å². The third-order valence-corrected chi connectivity index (χ3v) is 6.86. The van der Waals surface area contributed by atoms with Gasteiger partial charge in [-0.2, -0.15) is 0 Å². The van der Waals surface area contributed by atoms with Crippen LogP contribution in [0.2, 0.25) is 0 Å². The Morgan fingerprint density at radius 3 is 2.37 bits per heavy atom. The number of hydrogen-bond acceptors (Lipinski definition) is 4. The molecule has 0 aliphatic heterocycles. The maximum absolute atomic E-state index is 12.8. The van der Waals surface area contributed by atoms with Gasteiger partial charge in [-0.1, -0.05) is 49.6 Å². The van der Waals surface area contributed by atoms with Crippen molar-refractivity contribution >= 4 is 10.0 Å². The van der Waals surface area contributed by atoms with E-state index < -0.39 is 26.2 Å². The third-order valence-electron chi connectivity index (χ3n) is 5.28. The molecule has 0 saturated heterocycles. The number of rotatable bonds is 6. The van der Waals surface area contributed by atoms with Gasteiger partial charge in [-0.25, -0.2) is 17.9 Å². The van der Waals surface area contributed by atoms with Crippen LogP contribution < -0.4 is 16.0 Å². The summed E-state index contributed by atoms with van der Waals surface area (Å²) >= 11 is 0. The van der Waals surface area contributed by atoms with E-state index in [1.54, 1.807) is 0 Å². The fourth-order valence-electron chi connectivity index (χ4n) is 3.98. The first-order valence-corrected chi connectivity index (χ1v) is 10.7. The molecule has 146 valence electrons. The molecule has 1 saturated carbocycles. The summed E-state index contributed by atoms with van der Waals surface area (Å²) < 4.78 is 28.1. The number of H-pyrrole nitrogens is 2. The molecule has 1 atom stereocenters. The molecule has 0 spiro atoms. The van der Waals surface area contributed by atoms with Crippen molar-refractivity contribution in [1.29, 1.82) is 0 Å². The van der Waals surface area contributed by atoms with Gasteiger partial charge in [-0.3, -0.25) is 9.78 Å². The molecule has 1 aliphatic carbocycles. The fourth-order valence-corrected chi connectivity index (χ4v) is 5.27. The molecule has 0 unspecified atom stereocenters. The van der Waals surface area contributed by atoms with Gasteiger partial charge in [0.25, 0.3) is 5.56 Å². The van der Waals surface area contributed by atoms with Crippen molar-refractivity contribution in [2.24, 2.45) is 5.92 Å². The van der Waals surface area contributed by atoms with Crippen molar-refractivity contribution in [3.05, 3.63) is 62.4 Å². The molecule has 8 heteroatoms. The van der Waals surface area contributed by atoms with E-state index in [0.717, 1.165) is 31.2 Å². The highest BCUT2D eigenvalue weighted by molar-refractivity contribution is 7.89. The van der Waals surface area contributed by atoms with Gasteiger partial charge in [0.2, 0.25) is 10.0 Å². The molecule has 0 radical (unpaired) electrons. The average Bonchev–Trinajstić information content (AvgIpc) is 2.62. The van der Waals surface area contributed by atoms with Gasteiger partial charge < -0.3 is 4.98 Å². The molecule has 2 aromatic rings. The number of sulfonamides is 1. The molecule has 1 fully saturated rings. The van der Waals surface area contributed by atoms with E-state index in [-0.39, 0.29) is 18.2 Å². The van der Waals surface area contributed by atoms with Gasteiger partial charge in [0.1, 0.15) is 0 Å². The maximum atomic E-state index is 12.8. The van der Waals surface area contributed by atoms with E-state index in [9.17, 15) is 18.0 Å². The van der Waals surface area contributed by atoms with Crippen LogP contribution in [-0.2, 0) is 10.0 Å². The smallest absolute Gasteiger partial charge is 0.310 e. The zero-order chi connectivity index (χ0) is 19.4. The zero-order valence-corrected chi connectivity index (χ0v) is 16.1. The van der Waals surface area contributed by atoms with Crippen LogP contribution in [0.25, 0.3) is 0 Å². The molecule has 1 aliphatic rings.